The summed E-state index contributed by atoms with van der Waals surface area (Å²) < 4.78 is 13.4. The van der Waals surface area contributed by atoms with Crippen molar-refractivity contribution in [3.05, 3.63) is 35.1 Å². The van der Waals surface area contributed by atoms with Gasteiger partial charge in [-0.1, -0.05) is 18.3 Å². The smallest absolute Gasteiger partial charge is 0.229 e. The minimum absolute atomic E-state index is 0.0478. The number of amides is 2. The number of halogens is 1. The third-order valence-electron chi connectivity index (χ3n) is 2.79. The molecule has 1 aliphatic rings. The van der Waals surface area contributed by atoms with Crippen molar-refractivity contribution in [3.63, 3.8) is 0 Å². The highest BCUT2D eigenvalue weighted by atomic mass is 32.1. The molecule has 1 fully saturated rings. The molecule has 2 N–H and O–H groups in total. The molecule has 0 unspecified atom stereocenters. The largest absolute Gasteiger partial charge is 0.389 e. The van der Waals surface area contributed by atoms with Gasteiger partial charge in [-0.25, -0.2) is 4.39 Å². The van der Waals surface area contributed by atoms with Crippen LogP contribution in [0.3, 0.4) is 0 Å². The van der Waals surface area contributed by atoms with Crippen LogP contribution in [0.5, 0.6) is 0 Å². The number of carbonyl (C=O) groups excluding carboxylic acids is 2. The van der Waals surface area contributed by atoms with E-state index in [4.69, 9.17) is 18.0 Å². The molecule has 2 rings (SSSR count). The molecule has 18 heavy (non-hydrogen) atoms. The fraction of sp³-hybridized carbons (Fsp3) is 0.250. The number of likely N-dealkylation sites (tertiary alicyclic amines) is 1. The van der Waals surface area contributed by atoms with Crippen molar-refractivity contribution < 1.29 is 14.0 Å². The van der Waals surface area contributed by atoms with Gasteiger partial charge in [0.15, 0.2) is 0 Å². The van der Waals surface area contributed by atoms with Gasteiger partial charge in [-0.2, -0.15) is 0 Å². The van der Waals surface area contributed by atoms with Gasteiger partial charge in [0.1, 0.15) is 10.8 Å². The van der Waals surface area contributed by atoms with Crippen LogP contribution in [0.2, 0.25) is 0 Å². The summed E-state index contributed by atoms with van der Waals surface area (Å²) in [5.41, 5.74) is 6.14. The van der Waals surface area contributed by atoms with E-state index in [0.717, 1.165) is 4.90 Å². The van der Waals surface area contributed by atoms with Gasteiger partial charge < -0.3 is 5.73 Å². The van der Waals surface area contributed by atoms with Gasteiger partial charge in [0, 0.05) is 18.4 Å². The first-order valence-electron chi connectivity index (χ1n) is 5.40. The Morgan fingerprint density at radius 2 is 1.94 bits per heavy atom. The normalized spacial score (nSPS) is 15.3. The molecule has 0 spiro atoms. The van der Waals surface area contributed by atoms with Crippen LogP contribution in [-0.4, -0.2) is 21.7 Å². The Kier molecular flexibility index (Phi) is 3.38. The lowest BCUT2D eigenvalue weighted by Crippen LogP contribution is -2.28. The van der Waals surface area contributed by atoms with Crippen LogP contribution in [0.15, 0.2) is 18.2 Å². The molecule has 0 aromatic heterocycles. The van der Waals surface area contributed by atoms with Crippen LogP contribution in [0.25, 0.3) is 0 Å². The summed E-state index contributed by atoms with van der Waals surface area (Å²) >= 11 is 4.73. The molecule has 6 heteroatoms. The topological polar surface area (TPSA) is 63.4 Å². The van der Waals surface area contributed by atoms with Crippen LogP contribution >= 0.6 is 12.2 Å². The van der Waals surface area contributed by atoms with Gasteiger partial charge in [0.25, 0.3) is 0 Å². The third kappa shape index (κ3) is 2.38. The van der Waals surface area contributed by atoms with E-state index >= 15 is 0 Å². The van der Waals surface area contributed by atoms with Crippen LogP contribution in [0.1, 0.15) is 24.0 Å². The molecule has 0 atom stereocenters. The molecule has 2 amide bonds. The minimum Gasteiger partial charge on any atom is -0.389 e. The van der Waals surface area contributed by atoms with Gasteiger partial charge in [0.05, 0.1) is 6.54 Å². The molecule has 94 valence electrons. The van der Waals surface area contributed by atoms with Crippen LogP contribution in [0.4, 0.5) is 4.39 Å². The highest BCUT2D eigenvalue weighted by Crippen LogP contribution is 2.17. The Morgan fingerprint density at radius 3 is 2.50 bits per heavy atom. The SMILES string of the molecule is NC(=S)c1cc(CN2C(=O)CCC2=O)ccc1F. The number of thiocarbonyl (C=S) groups is 1. The third-order valence-corrected chi connectivity index (χ3v) is 3.01. The number of imide groups is 1. The molecule has 1 aliphatic heterocycles. The van der Waals surface area contributed by atoms with Crippen molar-refractivity contribution in [1.29, 1.82) is 0 Å². The zero-order chi connectivity index (χ0) is 13.3. The Hall–Kier alpha value is -1.82. The van der Waals surface area contributed by atoms with Crippen molar-refractivity contribution in [2.75, 3.05) is 0 Å². The number of carbonyl (C=O) groups is 2. The molecule has 1 aromatic carbocycles. The molecule has 0 aliphatic carbocycles. The number of hydrogen-bond donors (Lipinski definition) is 1. The molecule has 1 saturated heterocycles. The Bertz CT molecular complexity index is 529. The molecule has 1 aromatic rings. The van der Waals surface area contributed by atoms with Gasteiger partial charge in [-0.15, -0.1) is 0 Å². The summed E-state index contributed by atoms with van der Waals surface area (Å²) in [5.74, 6) is -0.923. The standard InChI is InChI=1S/C12H11FN2O2S/c13-9-2-1-7(5-8(9)12(14)18)6-15-10(16)3-4-11(15)17/h1-2,5H,3-4,6H2,(H2,14,18). The van der Waals surface area contributed by atoms with Crippen LogP contribution < -0.4 is 5.73 Å². The Balaban J connectivity index is 2.24. The lowest BCUT2D eigenvalue weighted by Gasteiger charge is -2.14. The van der Waals surface area contributed by atoms with E-state index in [9.17, 15) is 14.0 Å². The molecular weight excluding hydrogens is 255 g/mol. The second-order valence-electron chi connectivity index (χ2n) is 4.05. The van der Waals surface area contributed by atoms with Crippen molar-refractivity contribution in [1.82, 2.24) is 4.90 Å². The predicted octanol–water partition coefficient (Wildman–Crippen LogP) is 1.11. The summed E-state index contributed by atoms with van der Waals surface area (Å²) in [6, 6.07) is 4.21. The average molecular weight is 266 g/mol. The fourth-order valence-electron chi connectivity index (χ4n) is 1.84. The van der Waals surface area contributed by atoms with Crippen LogP contribution in [0, 0.1) is 5.82 Å². The molecule has 0 radical (unpaired) electrons. The number of hydrogen-bond acceptors (Lipinski definition) is 3. The van der Waals surface area contributed by atoms with E-state index < -0.39 is 5.82 Å². The first kappa shape index (κ1) is 12.6. The van der Waals surface area contributed by atoms with Gasteiger partial charge >= 0.3 is 0 Å². The molecule has 0 bridgehead atoms. The van der Waals surface area contributed by atoms with E-state index in [1.807, 2.05) is 0 Å². The predicted molar refractivity (Wildman–Crippen MR) is 67.1 cm³/mol. The Labute approximate surface area is 109 Å². The van der Waals surface area contributed by atoms with Crippen LogP contribution in [-0.2, 0) is 16.1 Å². The zero-order valence-corrected chi connectivity index (χ0v) is 10.3. The van der Waals surface area contributed by atoms with Crippen molar-refractivity contribution >= 4 is 29.0 Å². The maximum absolute atomic E-state index is 13.4. The fourth-order valence-corrected chi connectivity index (χ4v) is 2.00. The molecule has 0 saturated carbocycles. The second kappa shape index (κ2) is 4.81. The number of nitrogens with zero attached hydrogens (tertiary/aromatic N) is 1. The maximum Gasteiger partial charge on any atom is 0.229 e. The molecule has 4 nitrogen and oxygen atoms in total. The number of rotatable bonds is 3. The molecule has 1 heterocycles. The second-order valence-corrected chi connectivity index (χ2v) is 4.49. The Morgan fingerprint density at radius 1 is 1.33 bits per heavy atom. The zero-order valence-electron chi connectivity index (χ0n) is 9.48. The van der Waals surface area contributed by atoms with E-state index in [2.05, 4.69) is 0 Å². The summed E-state index contributed by atoms with van der Waals surface area (Å²) in [5, 5.41) is 0. The minimum atomic E-state index is -0.509. The first-order chi connectivity index (χ1) is 8.49. The van der Waals surface area contributed by atoms with E-state index in [-0.39, 0.29) is 41.8 Å². The van der Waals surface area contributed by atoms with E-state index in [1.54, 1.807) is 0 Å². The summed E-state index contributed by atoms with van der Waals surface area (Å²) in [6.07, 6.45) is 0.477. The summed E-state index contributed by atoms with van der Waals surface area (Å²) in [7, 11) is 0. The molecular formula is C12H11FN2O2S. The number of nitrogens with two attached hydrogens (primary N) is 1. The van der Waals surface area contributed by atoms with Crippen molar-refractivity contribution in [3.8, 4) is 0 Å². The van der Waals surface area contributed by atoms with Gasteiger partial charge in [-0.3, -0.25) is 14.5 Å². The number of benzene rings is 1. The van der Waals surface area contributed by atoms with Gasteiger partial charge in [0.2, 0.25) is 11.8 Å². The summed E-state index contributed by atoms with van der Waals surface area (Å²) in [6.45, 7) is 0.133. The quantitative estimate of drug-likeness (QED) is 0.657. The first-order valence-corrected chi connectivity index (χ1v) is 5.81. The van der Waals surface area contributed by atoms with E-state index in [1.165, 1.54) is 18.2 Å². The summed E-state index contributed by atoms with van der Waals surface area (Å²) in [4.78, 5) is 24.0. The highest BCUT2D eigenvalue weighted by molar-refractivity contribution is 7.80. The maximum atomic E-state index is 13.4. The monoisotopic (exact) mass is 266 g/mol. The van der Waals surface area contributed by atoms with Gasteiger partial charge in [-0.05, 0) is 17.7 Å². The van der Waals surface area contributed by atoms with Crippen molar-refractivity contribution in [2.45, 2.75) is 19.4 Å². The highest BCUT2D eigenvalue weighted by Gasteiger charge is 2.28. The average Bonchev–Trinajstić information content (AvgIpc) is 2.63. The lowest BCUT2D eigenvalue weighted by atomic mass is 10.1. The lowest BCUT2D eigenvalue weighted by molar-refractivity contribution is -0.139. The van der Waals surface area contributed by atoms with E-state index in [0.29, 0.717) is 5.56 Å². The van der Waals surface area contributed by atoms with Crippen molar-refractivity contribution in [2.24, 2.45) is 5.73 Å².